The molecule has 0 unspecified atom stereocenters. The first-order valence-electron chi connectivity index (χ1n) is 4.80. The zero-order chi connectivity index (χ0) is 13.5. The number of rotatable bonds is 8. The second-order valence-corrected chi connectivity index (χ2v) is 3.72. The van der Waals surface area contributed by atoms with Crippen LogP contribution in [0.15, 0.2) is 12.2 Å². The van der Waals surface area contributed by atoms with Gasteiger partial charge in [-0.25, -0.2) is 4.79 Å². The van der Waals surface area contributed by atoms with Crippen molar-refractivity contribution in [3.8, 4) is 0 Å². The maximum absolute atomic E-state index is 11.2. The van der Waals surface area contributed by atoms with Crippen LogP contribution in [0.4, 0.5) is 0 Å². The van der Waals surface area contributed by atoms with Crippen LogP contribution in [0.2, 0.25) is 0 Å². The number of esters is 1. The van der Waals surface area contributed by atoms with Gasteiger partial charge in [0.1, 0.15) is 6.61 Å². The molecule has 0 spiro atoms. The molecule has 0 amide bonds. The second-order valence-electron chi connectivity index (χ2n) is 3.72. The number of aliphatic carboxylic acids is 1. The van der Waals surface area contributed by atoms with E-state index in [4.69, 9.17) is 20.4 Å². The molecule has 0 aliphatic rings. The number of carbonyl (C=O) groups is 2. The molecule has 0 aromatic carbocycles. The van der Waals surface area contributed by atoms with Crippen LogP contribution in [0.1, 0.15) is 6.42 Å². The van der Waals surface area contributed by atoms with E-state index in [0.717, 1.165) is 0 Å². The van der Waals surface area contributed by atoms with E-state index in [1.807, 2.05) is 0 Å². The number of carboxylic acid groups (broad SMARTS) is 1. The van der Waals surface area contributed by atoms with Gasteiger partial charge in [0.2, 0.25) is 0 Å². The third kappa shape index (κ3) is 4.94. The maximum atomic E-state index is 11.2. The van der Waals surface area contributed by atoms with Crippen LogP contribution in [0.5, 0.6) is 0 Å². The molecule has 0 fully saturated rings. The molecule has 17 heavy (non-hydrogen) atoms. The Balaban J connectivity index is 4.31. The lowest BCUT2D eigenvalue weighted by atomic mass is 9.92. The van der Waals surface area contributed by atoms with E-state index >= 15 is 0 Å². The molecule has 0 rings (SSSR count). The molecule has 98 valence electrons. The van der Waals surface area contributed by atoms with Crippen molar-refractivity contribution in [2.45, 2.75) is 6.42 Å². The summed E-state index contributed by atoms with van der Waals surface area (Å²) in [7, 11) is 0. The Morgan fingerprint density at radius 2 is 1.59 bits per heavy atom. The molecule has 0 aromatic rings. The minimum atomic E-state index is -1.33. The summed E-state index contributed by atoms with van der Waals surface area (Å²) in [5, 5.41) is 35.2. The van der Waals surface area contributed by atoms with Crippen molar-refractivity contribution >= 4 is 11.9 Å². The summed E-state index contributed by atoms with van der Waals surface area (Å²) in [6.07, 6.45) is -0.552. The molecule has 0 aliphatic carbocycles. The highest BCUT2D eigenvalue weighted by molar-refractivity contribution is 5.92. The van der Waals surface area contributed by atoms with Gasteiger partial charge in [-0.2, -0.15) is 0 Å². The smallest absolute Gasteiger partial charge is 0.334 e. The fraction of sp³-hybridized carbons (Fsp3) is 0.600. The van der Waals surface area contributed by atoms with Gasteiger partial charge in [0.05, 0.1) is 31.7 Å². The van der Waals surface area contributed by atoms with E-state index in [9.17, 15) is 9.59 Å². The molecule has 7 heteroatoms. The number of aliphatic hydroxyl groups excluding tert-OH is 3. The van der Waals surface area contributed by atoms with Crippen molar-refractivity contribution in [1.82, 2.24) is 0 Å². The lowest BCUT2D eigenvalue weighted by molar-refractivity contribution is -0.148. The minimum Gasteiger partial charge on any atom is -0.481 e. The Morgan fingerprint density at radius 3 is 1.94 bits per heavy atom. The monoisotopic (exact) mass is 248 g/mol. The van der Waals surface area contributed by atoms with Crippen LogP contribution in [-0.2, 0) is 14.3 Å². The van der Waals surface area contributed by atoms with E-state index < -0.39 is 50.2 Å². The first kappa shape index (κ1) is 15.6. The maximum Gasteiger partial charge on any atom is 0.334 e. The molecule has 0 heterocycles. The average molecular weight is 248 g/mol. The molecule has 0 saturated carbocycles. The number of hydrogen-bond donors (Lipinski definition) is 4. The molecule has 0 radical (unpaired) electrons. The first-order chi connectivity index (χ1) is 7.90. The summed E-state index contributed by atoms with van der Waals surface area (Å²) in [6, 6.07) is 0. The second kappa shape index (κ2) is 7.00. The van der Waals surface area contributed by atoms with Gasteiger partial charge in [-0.1, -0.05) is 6.58 Å². The van der Waals surface area contributed by atoms with Crippen LogP contribution in [0.3, 0.4) is 0 Å². The fourth-order valence-corrected chi connectivity index (χ4v) is 0.862. The van der Waals surface area contributed by atoms with Gasteiger partial charge >= 0.3 is 11.9 Å². The SMILES string of the molecule is C=C(CC(=O)O)C(=O)OCC(CO)(CO)CO. The summed E-state index contributed by atoms with van der Waals surface area (Å²) in [5.74, 6) is -2.16. The van der Waals surface area contributed by atoms with Crippen molar-refractivity contribution in [2.24, 2.45) is 5.41 Å². The van der Waals surface area contributed by atoms with Gasteiger partial charge < -0.3 is 25.2 Å². The summed E-state index contributed by atoms with van der Waals surface area (Å²) in [5.41, 5.74) is -1.58. The largest absolute Gasteiger partial charge is 0.481 e. The molecule has 0 bridgehead atoms. The van der Waals surface area contributed by atoms with Crippen molar-refractivity contribution in [3.05, 3.63) is 12.2 Å². The van der Waals surface area contributed by atoms with Gasteiger partial charge in [-0.3, -0.25) is 4.79 Å². The van der Waals surface area contributed by atoms with Crippen LogP contribution in [0, 0.1) is 5.41 Å². The number of carboxylic acids is 1. The zero-order valence-corrected chi connectivity index (χ0v) is 9.26. The number of ether oxygens (including phenoxy) is 1. The van der Waals surface area contributed by atoms with E-state index in [-0.39, 0.29) is 5.57 Å². The van der Waals surface area contributed by atoms with Crippen molar-refractivity contribution in [2.75, 3.05) is 26.4 Å². The first-order valence-corrected chi connectivity index (χ1v) is 4.80. The van der Waals surface area contributed by atoms with Gasteiger partial charge in [-0.15, -0.1) is 0 Å². The van der Waals surface area contributed by atoms with E-state index in [1.54, 1.807) is 0 Å². The highest BCUT2D eigenvalue weighted by Gasteiger charge is 2.30. The van der Waals surface area contributed by atoms with Crippen LogP contribution < -0.4 is 0 Å². The quantitative estimate of drug-likeness (QED) is 0.305. The molecular formula is C10H16O7. The van der Waals surface area contributed by atoms with Gasteiger partial charge in [0.15, 0.2) is 0 Å². The highest BCUT2D eigenvalue weighted by atomic mass is 16.5. The fourth-order valence-electron chi connectivity index (χ4n) is 0.862. The lowest BCUT2D eigenvalue weighted by Gasteiger charge is -2.26. The molecule has 0 atom stereocenters. The Morgan fingerprint density at radius 1 is 1.12 bits per heavy atom. The van der Waals surface area contributed by atoms with Crippen LogP contribution in [0.25, 0.3) is 0 Å². The minimum absolute atomic E-state index is 0.250. The van der Waals surface area contributed by atoms with Crippen molar-refractivity contribution < 1.29 is 34.8 Å². The third-order valence-electron chi connectivity index (χ3n) is 2.17. The van der Waals surface area contributed by atoms with E-state index in [1.165, 1.54) is 0 Å². The summed E-state index contributed by atoms with van der Waals surface area (Å²) in [4.78, 5) is 21.5. The topological polar surface area (TPSA) is 124 Å². The lowest BCUT2D eigenvalue weighted by Crippen LogP contribution is -2.39. The Labute approximate surface area is 97.9 Å². The van der Waals surface area contributed by atoms with Gasteiger partial charge in [0.25, 0.3) is 0 Å². The van der Waals surface area contributed by atoms with Crippen molar-refractivity contribution in [1.29, 1.82) is 0 Å². The predicted molar refractivity (Wildman–Crippen MR) is 56.0 cm³/mol. The average Bonchev–Trinajstić information content (AvgIpc) is 2.30. The van der Waals surface area contributed by atoms with Gasteiger partial charge in [-0.05, 0) is 0 Å². The Bertz CT molecular complexity index is 285. The van der Waals surface area contributed by atoms with E-state index in [0.29, 0.717) is 0 Å². The van der Waals surface area contributed by atoms with E-state index in [2.05, 4.69) is 11.3 Å². The van der Waals surface area contributed by atoms with Crippen LogP contribution >= 0.6 is 0 Å². The molecule has 0 saturated heterocycles. The standard InChI is InChI=1S/C10H16O7/c1-7(2-8(14)15)9(16)17-6-10(3-11,4-12)5-13/h11-13H,1-6H2,(H,14,15). The predicted octanol–water partition coefficient (Wildman–Crippen LogP) is -1.48. The molecule has 0 aromatic heterocycles. The van der Waals surface area contributed by atoms with Crippen LogP contribution in [-0.4, -0.2) is 58.8 Å². The third-order valence-corrected chi connectivity index (χ3v) is 2.17. The molecule has 0 aliphatic heterocycles. The number of aliphatic hydroxyl groups is 3. The molecule has 4 N–H and O–H groups in total. The summed E-state index contributed by atoms with van der Waals surface area (Å²) in [6.45, 7) is 1.10. The number of hydrogen-bond acceptors (Lipinski definition) is 6. The summed E-state index contributed by atoms with van der Waals surface area (Å²) >= 11 is 0. The summed E-state index contributed by atoms with van der Waals surface area (Å²) < 4.78 is 4.66. The highest BCUT2D eigenvalue weighted by Crippen LogP contribution is 2.16. The van der Waals surface area contributed by atoms with Gasteiger partial charge in [0, 0.05) is 5.57 Å². The Hall–Kier alpha value is -1.44. The molecular weight excluding hydrogens is 232 g/mol. The van der Waals surface area contributed by atoms with Crippen molar-refractivity contribution in [3.63, 3.8) is 0 Å². The molecule has 7 nitrogen and oxygen atoms in total. The Kier molecular flexibility index (Phi) is 6.40. The normalized spacial score (nSPS) is 11.0. The zero-order valence-electron chi connectivity index (χ0n) is 9.26. The number of carbonyl (C=O) groups excluding carboxylic acids is 1.